The number of hydrogen-bond donors (Lipinski definition) is 1. The van der Waals surface area contributed by atoms with E-state index in [2.05, 4.69) is 16.0 Å². The summed E-state index contributed by atoms with van der Waals surface area (Å²) < 4.78 is 0. The molecule has 0 aliphatic carbocycles. The van der Waals surface area contributed by atoms with E-state index in [0.29, 0.717) is 11.3 Å². The molecule has 0 radical (unpaired) electrons. The summed E-state index contributed by atoms with van der Waals surface area (Å²) in [6, 6.07) is 8.26. The van der Waals surface area contributed by atoms with Crippen LogP contribution < -0.4 is 10.6 Å². The fourth-order valence-corrected chi connectivity index (χ4v) is 2.35. The Hall–Kier alpha value is -2.06. The van der Waals surface area contributed by atoms with Crippen LogP contribution in [-0.4, -0.2) is 44.5 Å². The summed E-state index contributed by atoms with van der Waals surface area (Å²) in [5, 5.41) is 9.28. The summed E-state index contributed by atoms with van der Waals surface area (Å²) in [7, 11) is 3.80. The molecule has 1 aliphatic heterocycles. The first-order valence-corrected chi connectivity index (χ1v) is 6.85. The number of piperidine rings is 1. The SMILES string of the molecule is CN(C)/C=N/c1ccc(N2CCC[C@H](N)C2)cc1C#N. The molecule has 106 valence electrons. The third-order valence-electron chi connectivity index (χ3n) is 3.35. The molecule has 5 heteroatoms. The van der Waals surface area contributed by atoms with Gasteiger partial charge in [0.2, 0.25) is 0 Å². The number of nitrogens with zero attached hydrogens (tertiary/aromatic N) is 4. The number of benzene rings is 1. The number of nitriles is 1. The second-order valence-electron chi connectivity index (χ2n) is 5.37. The molecule has 2 rings (SSSR count). The van der Waals surface area contributed by atoms with E-state index in [9.17, 15) is 5.26 Å². The Kier molecular flexibility index (Phi) is 4.59. The maximum absolute atomic E-state index is 9.28. The van der Waals surface area contributed by atoms with Crippen molar-refractivity contribution >= 4 is 17.7 Å². The van der Waals surface area contributed by atoms with Gasteiger partial charge in [0, 0.05) is 38.9 Å². The molecule has 20 heavy (non-hydrogen) atoms. The smallest absolute Gasteiger partial charge is 0.101 e. The Labute approximate surface area is 120 Å². The number of aliphatic imine (C=N–C) groups is 1. The van der Waals surface area contributed by atoms with Gasteiger partial charge in [0.05, 0.1) is 17.6 Å². The number of nitrogens with two attached hydrogens (primary N) is 1. The summed E-state index contributed by atoms with van der Waals surface area (Å²) in [5.41, 5.74) is 8.36. The highest BCUT2D eigenvalue weighted by molar-refractivity contribution is 5.68. The van der Waals surface area contributed by atoms with Gasteiger partial charge in [-0.1, -0.05) is 0 Å². The van der Waals surface area contributed by atoms with Gasteiger partial charge in [-0.15, -0.1) is 0 Å². The van der Waals surface area contributed by atoms with Crippen molar-refractivity contribution in [3.63, 3.8) is 0 Å². The molecule has 0 bridgehead atoms. The Morgan fingerprint density at radius 3 is 2.95 bits per heavy atom. The predicted octanol–water partition coefficient (Wildman–Crippen LogP) is 1.71. The van der Waals surface area contributed by atoms with Crippen LogP contribution in [0.2, 0.25) is 0 Å². The van der Waals surface area contributed by atoms with Crippen LogP contribution in [0.5, 0.6) is 0 Å². The van der Waals surface area contributed by atoms with Crippen LogP contribution >= 0.6 is 0 Å². The van der Waals surface area contributed by atoms with Crippen LogP contribution in [0.25, 0.3) is 0 Å². The molecule has 0 aromatic heterocycles. The first-order chi connectivity index (χ1) is 9.60. The lowest BCUT2D eigenvalue weighted by Gasteiger charge is -2.32. The first kappa shape index (κ1) is 14.4. The highest BCUT2D eigenvalue weighted by Crippen LogP contribution is 2.26. The van der Waals surface area contributed by atoms with Crippen molar-refractivity contribution in [1.29, 1.82) is 5.26 Å². The molecule has 1 aromatic carbocycles. The van der Waals surface area contributed by atoms with Gasteiger partial charge in [0.15, 0.2) is 0 Å². The van der Waals surface area contributed by atoms with Gasteiger partial charge in [-0.3, -0.25) is 0 Å². The van der Waals surface area contributed by atoms with Crippen molar-refractivity contribution in [2.24, 2.45) is 10.7 Å². The molecule has 0 spiro atoms. The van der Waals surface area contributed by atoms with Crippen molar-refractivity contribution in [1.82, 2.24) is 4.90 Å². The van der Waals surface area contributed by atoms with Crippen LogP contribution in [0.15, 0.2) is 23.2 Å². The monoisotopic (exact) mass is 271 g/mol. The van der Waals surface area contributed by atoms with E-state index in [0.717, 1.165) is 31.6 Å². The Balaban J connectivity index is 2.23. The van der Waals surface area contributed by atoms with Gasteiger partial charge < -0.3 is 15.5 Å². The minimum absolute atomic E-state index is 0.223. The average Bonchev–Trinajstić information content (AvgIpc) is 2.44. The second kappa shape index (κ2) is 6.40. The van der Waals surface area contributed by atoms with Crippen LogP contribution in [0.1, 0.15) is 18.4 Å². The van der Waals surface area contributed by atoms with Gasteiger partial charge in [0.25, 0.3) is 0 Å². The topological polar surface area (TPSA) is 68.7 Å². The molecular weight excluding hydrogens is 250 g/mol. The minimum Gasteiger partial charge on any atom is -0.370 e. The predicted molar refractivity (Wildman–Crippen MR) is 82.4 cm³/mol. The molecule has 1 aromatic rings. The highest BCUT2D eigenvalue weighted by atomic mass is 15.1. The maximum Gasteiger partial charge on any atom is 0.101 e. The van der Waals surface area contributed by atoms with Gasteiger partial charge in [0.1, 0.15) is 6.07 Å². The lowest BCUT2D eigenvalue weighted by Crippen LogP contribution is -2.42. The van der Waals surface area contributed by atoms with Crippen LogP contribution in [0, 0.1) is 11.3 Å². The van der Waals surface area contributed by atoms with E-state index in [4.69, 9.17) is 5.73 Å². The molecule has 0 saturated carbocycles. The molecule has 1 aliphatic rings. The Morgan fingerprint density at radius 1 is 1.50 bits per heavy atom. The zero-order valence-corrected chi connectivity index (χ0v) is 12.1. The lowest BCUT2D eigenvalue weighted by atomic mass is 10.0. The molecule has 0 amide bonds. The van der Waals surface area contributed by atoms with E-state index in [1.807, 2.05) is 37.2 Å². The molecule has 5 nitrogen and oxygen atoms in total. The maximum atomic E-state index is 9.28. The second-order valence-corrected chi connectivity index (χ2v) is 5.37. The van der Waals surface area contributed by atoms with Crippen LogP contribution in [0.4, 0.5) is 11.4 Å². The third-order valence-corrected chi connectivity index (χ3v) is 3.35. The molecule has 1 fully saturated rings. The van der Waals surface area contributed by atoms with Gasteiger partial charge in [-0.2, -0.15) is 5.26 Å². The Bertz CT molecular complexity index is 530. The molecule has 1 atom stereocenters. The summed E-state index contributed by atoms with van der Waals surface area (Å²) in [5.74, 6) is 0. The third kappa shape index (κ3) is 3.49. The van der Waals surface area contributed by atoms with Crippen molar-refractivity contribution in [2.75, 3.05) is 32.1 Å². The quantitative estimate of drug-likeness (QED) is 0.671. The molecule has 2 N–H and O–H groups in total. The molecular formula is C15H21N5. The van der Waals surface area contributed by atoms with Gasteiger partial charge in [-0.25, -0.2) is 4.99 Å². The normalized spacial score (nSPS) is 19.1. The fourth-order valence-electron chi connectivity index (χ4n) is 2.35. The van der Waals surface area contributed by atoms with E-state index in [-0.39, 0.29) is 6.04 Å². The number of hydrogen-bond acceptors (Lipinski definition) is 4. The largest absolute Gasteiger partial charge is 0.370 e. The standard InChI is InChI=1S/C15H21N5/c1-19(2)11-18-15-6-5-14(8-12(15)9-16)20-7-3-4-13(17)10-20/h5-6,8,11,13H,3-4,7,10,17H2,1-2H3/b18-11+/t13-/m0/s1. The van der Waals surface area contributed by atoms with Crippen LogP contribution in [-0.2, 0) is 0 Å². The summed E-state index contributed by atoms with van der Waals surface area (Å²) >= 11 is 0. The Morgan fingerprint density at radius 2 is 2.30 bits per heavy atom. The van der Waals surface area contributed by atoms with E-state index < -0.39 is 0 Å². The van der Waals surface area contributed by atoms with Gasteiger partial charge in [-0.05, 0) is 31.0 Å². The summed E-state index contributed by atoms with van der Waals surface area (Å²) in [4.78, 5) is 8.40. The van der Waals surface area contributed by atoms with Gasteiger partial charge >= 0.3 is 0 Å². The molecule has 1 saturated heterocycles. The van der Waals surface area contributed by atoms with E-state index in [1.54, 1.807) is 6.34 Å². The van der Waals surface area contributed by atoms with E-state index >= 15 is 0 Å². The zero-order chi connectivity index (χ0) is 14.5. The number of rotatable bonds is 3. The summed E-state index contributed by atoms with van der Waals surface area (Å²) in [6.45, 7) is 1.85. The van der Waals surface area contributed by atoms with Crippen molar-refractivity contribution in [3.8, 4) is 6.07 Å². The highest BCUT2D eigenvalue weighted by Gasteiger charge is 2.17. The van der Waals surface area contributed by atoms with Crippen LogP contribution in [0.3, 0.4) is 0 Å². The van der Waals surface area contributed by atoms with Crippen molar-refractivity contribution < 1.29 is 0 Å². The first-order valence-electron chi connectivity index (χ1n) is 6.85. The van der Waals surface area contributed by atoms with Crippen molar-refractivity contribution in [2.45, 2.75) is 18.9 Å². The number of anilines is 1. The molecule has 1 heterocycles. The zero-order valence-electron chi connectivity index (χ0n) is 12.1. The average molecular weight is 271 g/mol. The lowest BCUT2D eigenvalue weighted by molar-refractivity contribution is 0.506. The van der Waals surface area contributed by atoms with Crippen molar-refractivity contribution in [3.05, 3.63) is 23.8 Å². The fraction of sp³-hybridized carbons (Fsp3) is 0.467. The summed E-state index contributed by atoms with van der Waals surface area (Å²) in [6.07, 6.45) is 3.88. The molecule has 0 unspecified atom stereocenters. The minimum atomic E-state index is 0.223. The van der Waals surface area contributed by atoms with E-state index in [1.165, 1.54) is 0 Å².